The second-order valence-electron chi connectivity index (χ2n) is 4.26. The van der Waals surface area contributed by atoms with Crippen molar-refractivity contribution >= 4 is 5.97 Å². The standard InChI is InChI=1S/C12H15NO2/c1-8-5-11-6-9(12(14)15)3-4-10(11)7-13(8)2/h3-4,6,8H,5,7H2,1-2H3,(H,14,15)/t8-/m1/s1. The van der Waals surface area contributed by atoms with Gasteiger partial charge in [-0.25, -0.2) is 4.79 Å². The molecule has 0 aliphatic carbocycles. The maximum Gasteiger partial charge on any atom is 0.335 e. The maximum absolute atomic E-state index is 10.8. The third-order valence-electron chi connectivity index (χ3n) is 3.14. The number of fused-ring (bicyclic) bond motifs is 1. The zero-order valence-electron chi connectivity index (χ0n) is 9.03. The third-order valence-corrected chi connectivity index (χ3v) is 3.14. The van der Waals surface area contributed by atoms with E-state index in [4.69, 9.17) is 5.11 Å². The van der Waals surface area contributed by atoms with Crippen molar-refractivity contribution in [2.75, 3.05) is 7.05 Å². The van der Waals surface area contributed by atoms with Crippen molar-refractivity contribution in [3.8, 4) is 0 Å². The van der Waals surface area contributed by atoms with Crippen molar-refractivity contribution in [3.05, 3.63) is 34.9 Å². The van der Waals surface area contributed by atoms with E-state index in [1.165, 1.54) is 11.1 Å². The molecule has 1 aromatic carbocycles. The SMILES string of the molecule is C[C@@H]1Cc2cc(C(=O)O)ccc2CN1C. The predicted molar refractivity (Wildman–Crippen MR) is 58.0 cm³/mol. The van der Waals surface area contributed by atoms with Gasteiger partial charge in [-0.3, -0.25) is 4.90 Å². The Bertz CT molecular complexity index is 401. The summed E-state index contributed by atoms with van der Waals surface area (Å²) in [4.78, 5) is 13.1. The van der Waals surface area contributed by atoms with Crippen molar-refractivity contribution in [3.63, 3.8) is 0 Å². The molecular weight excluding hydrogens is 190 g/mol. The van der Waals surface area contributed by atoms with Crippen LogP contribution in [-0.4, -0.2) is 29.1 Å². The molecule has 1 heterocycles. The second kappa shape index (κ2) is 3.66. The van der Waals surface area contributed by atoms with Crippen LogP contribution in [0.15, 0.2) is 18.2 Å². The number of carboxylic acid groups (broad SMARTS) is 1. The molecule has 0 unspecified atom stereocenters. The number of aromatic carboxylic acids is 1. The lowest BCUT2D eigenvalue weighted by Gasteiger charge is -2.31. The van der Waals surface area contributed by atoms with Gasteiger partial charge in [0.25, 0.3) is 0 Å². The van der Waals surface area contributed by atoms with E-state index >= 15 is 0 Å². The average molecular weight is 205 g/mol. The first-order valence-corrected chi connectivity index (χ1v) is 5.13. The Kier molecular flexibility index (Phi) is 2.49. The summed E-state index contributed by atoms with van der Waals surface area (Å²) in [6, 6.07) is 5.91. The van der Waals surface area contributed by atoms with Gasteiger partial charge in [0, 0.05) is 12.6 Å². The Labute approximate surface area is 89.3 Å². The molecule has 0 saturated heterocycles. The number of hydrogen-bond donors (Lipinski definition) is 1. The average Bonchev–Trinajstić information content (AvgIpc) is 2.19. The molecular formula is C12H15NO2. The molecule has 80 valence electrons. The van der Waals surface area contributed by atoms with Crippen LogP contribution >= 0.6 is 0 Å². The van der Waals surface area contributed by atoms with Crippen LogP contribution in [-0.2, 0) is 13.0 Å². The van der Waals surface area contributed by atoms with Gasteiger partial charge < -0.3 is 5.11 Å². The fourth-order valence-electron chi connectivity index (χ4n) is 2.00. The molecule has 1 aromatic rings. The van der Waals surface area contributed by atoms with Crippen LogP contribution < -0.4 is 0 Å². The van der Waals surface area contributed by atoms with Gasteiger partial charge in [-0.05, 0) is 43.7 Å². The molecule has 1 atom stereocenters. The van der Waals surface area contributed by atoms with Crippen molar-refractivity contribution in [2.24, 2.45) is 0 Å². The molecule has 3 heteroatoms. The molecule has 3 nitrogen and oxygen atoms in total. The van der Waals surface area contributed by atoms with E-state index in [0.29, 0.717) is 11.6 Å². The number of carbonyl (C=O) groups is 1. The zero-order valence-corrected chi connectivity index (χ0v) is 9.03. The Morgan fingerprint density at radius 1 is 1.47 bits per heavy atom. The summed E-state index contributed by atoms with van der Waals surface area (Å²) >= 11 is 0. The minimum absolute atomic E-state index is 0.394. The number of hydrogen-bond acceptors (Lipinski definition) is 2. The fraction of sp³-hybridized carbons (Fsp3) is 0.417. The second-order valence-corrected chi connectivity index (χ2v) is 4.26. The monoisotopic (exact) mass is 205 g/mol. The summed E-state index contributed by atoms with van der Waals surface area (Å²) in [6.07, 6.45) is 0.937. The van der Waals surface area contributed by atoms with E-state index in [2.05, 4.69) is 18.9 Å². The van der Waals surface area contributed by atoms with E-state index in [0.717, 1.165) is 13.0 Å². The van der Waals surface area contributed by atoms with Crippen molar-refractivity contribution < 1.29 is 9.90 Å². The number of nitrogens with zero attached hydrogens (tertiary/aromatic N) is 1. The molecule has 1 aliphatic heterocycles. The van der Waals surface area contributed by atoms with Gasteiger partial charge in [0.2, 0.25) is 0 Å². The van der Waals surface area contributed by atoms with Crippen LogP contribution in [0.2, 0.25) is 0 Å². The number of rotatable bonds is 1. The highest BCUT2D eigenvalue weighted by Crippen LogP contribution is 2.22. The van der Waals surface area contributed by atoms with Crippen molar-refractivity contribution in [2.45, 2.75) is 25.9 Å². The lowest BCUT2D eigenvalue weighted by atomic mass is 9.93. The van der Waals surface area contributed by atoms with Gasteiger partial charge in [0.05, 0.1) is 5.56 Å². The summed E-state index contributed by atoms with van der Waals surface area (Å²) in [5.74, 6) is -0.843. The molecule has 15 heavy (non-hydrogen) atoms. The van der Waals surface area contributed by atoms with Gasteiger partial charge in [-0.15, -0.1) is 0 Å². The number of benzene rings is 1. The van der Waals surface area contributed by atoms with Crippen LogP contribution in [0, 0.1) is 0 Å². The van der Waals surface area contributed by atoms with E-state index in [9.17, 15) is 4.79 Å². The van der Waals surface area contributed by atoms with Gasteiger partial charge in [0.1, 0.15) is 0 Å². The highest BCUT2D eigenvalue weighted by atomic mass is 16.4. The minimum Gasteiger partial charge on any atom is -0.478 e. The summed E-state index contributed by atoms with van der Waals surface area (Å²) in [6.45, 7) is 3.08. The quantitative estimate of drug-likeness (QED) is 0.759. The zero-order chi connectivity index (χ0) is 11.0. The Hall–Kier alpha value is -1.35. The number of carboxylic acids is 1. The molecule has 0 saturated carbocycles. The molecule has 0 spiro atoms. The summed E-state index contributed by atoms with van der Waals surface area (Å²) < 4.78 is 0. The predicted octanol–water partition coefficient (Wildman–Crippen LogP) is 1.76. The van der Waals surface area contributed by atoms with Crippen LogP contribution in [0.4, 0.5) is 0 Å². The first kappa shape index (κ1) is 10.2. The first-order valence-electron chi connectivity index (χ1n) is 5.13. The van der Waals surface area contributed by atoms with Gasteiger partial charge in [-0.1, -0.05) is 6.07 Å². The molecule has 0 aromatic heterocycles. The van der Waals surface area contributed by atoms with Crippen LogP contribution in [0.5, 0.6) is 0 Å². The summed E-state index contributed by atoms with van der Waals surface area (Å²) in [5, 5.41) is 8.89. The molecule has 0 bridgehead atoms. The molecule has 1 aliphatic rings. The molecule has 0 radical (unpaired) electrons. The van der Waals surface area contributed by atoms with Crippen LogP contribution in [0.3, 0.4) is 0 Å². The van der Waals surface area contributed by atoms with E-state index < -0.39 is 5.97 Å². The topological polar surface area (TPSA) is 40.5 Å². The van der Waals surface area contributed by atoms with Crippen molar-refractivity contribution in [1.82, 2.24) is 4.90 Å². The number of likely N-dealkylation sites (N-methyl/N-ethyl adjacent to an activating group) is 1. The van der Waals surface area contributed by atoms with Crippen molar-refractivity contribution in [1.29, 1.82) is 0 Å². The Balaban J connectivity index is 2.37. The summed E-state index contributed by atoms with van der Waals surface area (Å²) in [7, 11) is 2.10. The van der Waals surface area contributed by atoms with Gasteiger partial charge in [0.15, 0.2) is 0 Å². The van der Waals surface area contributed by atoms with Crippen LogP contribution in [0.1, 0.15) is 28.4 Å². The molecule has 0 amide bonds. The minimum atomic E-state index is -0.843. The Morgan fingerprint density at radius 2 is 2.20 bits per heavy atom. The lowest BCUT2D eigenvalue weighted by molar-refractivity contribution is 0.0696. The van der Waals surface area contributed by atoms with E-state index in [1.807, 2.05) is 6.07 Å². The van der Waals surface area contributed by atoms with E-state index in [-0.39, 0.29) is 0 Å². The molecule has 1 N–H and O–H groups in total. The largest absolute Gasteiger partial charge is 0.478 e. The lowest BCUT2D eigenvalue weighted by Crippen LogP contribution is -2.35. The maximum atomic E-state index is 10.8. The fourth-order valence-corrected chi connectivity index (χ4v) is 2.00. The van der Waals surface area contributed by atoms with Crippen LogP contribution in [0.25, 0.3) is 0 Å². The smallest absolute Gasteiger partial charge is 0.335 e. The first-order chi connectivity index (χ1) is 7.08. The highest BCUT2D eigenvalue weighted by molar-refractivity contribution is 5.87. The third kappa shape index (κ3) is 1.88. The Morgan fingerprint density at radius 3 is 2.87 bits per heavy atom. The van der Waals surface area contributed by atoms with Gasteiger partial charge >= 0.3 is 5.97 Å². The molecule has 2 rings (SSSR count). The molecule has 0 fully saturated rings. The van der Waals surface area contributed by atoms with Gasteiger partial charge in [-0.2, -0.15) is 0 Å². The highest BCUT2D eigenvalue weighted by Gasteiger charge is 2.20. The normalized spacial score (nSPS) is 21.1. The summed E-state index contributed by atoms with van der Waals surface area (Å²) in [5.41, 5.74) is 2.83. The van der Waals surface area contributed by atoms with E-state index in [1.54, 1.807) is 12.1 Å².